The van der Waals surface area contributed by atoms with E-state index in [1.807, 2.05) is 42.2 Å². The third-order valence-electron chi connectivity index (χ3n) is 6.33. The van der Waals surface area contributed by atoms with Crippen molar-refractivity contribution in [2.45, 2.75) is 39.4 Å². The Kier molecular flexibility index (Phi) is 6.75. The molecule has 0 saturated carbocycles. The molecule has 1 heterocycles. The van der Waals surface area contributed by atoms with Gasteiger partial charge in [-0.25, -0.2) is 4.39 Å². The summed E-state index contributed by atoms with van der Waals surface area (Å²) in [7, 11) is 0. The average Bonchev–Trinajstić information content (AvgIpc) is 2.80. The highest BCUT2D eigenvalue weighted by molar-refractivity contribution is 6.09. The van der Waals surface area contributed by atoms with E-state index in [1.165, 1.54) is 19.1 Å². The van der Waals surface area contributed by atoms with Crippen LogP contribution in [0.2, 0.25) is 0 Å². The van der Waals surface area contributed by atoms with Crippen molar-refractivity contribution in [1.29, 1.82) is 0 Å². The number of Topliss-reactive ketones (excluding diaryl/α,β-unsaturated/α-hetero) is 1. The molecule has 0 aromatic heterocycles. The Bertz CT molecular complexity index is 1160. The van der Waals surface area contributed by atoms with Crippen LogP contribution in [0.25, 0.3) is 10.8 Å². The third kappa shape index (κ3) is 5.06. The first-order chi connectivity index (χ1) is 15.8. The van der Waals surface area contributed by atoms with Gasteiger partial charge in [0.15, 0.2) is 12.4 Å². The van der Waals surface area contributed by atoms with Crippen LogP contribution in [0.3, 0.4) is 0 Å². The molecule has 0 spiro atoms. The fourth-order valence-electron chi connectivity index (χ4n) is 4.55. The highest BCUT2D eigenvalue weighted by Gasteiger charge is 2.32. The van der Waals surface area contributed by atoms with Gasteiger partial charge >= 0.3 is 0 Å². The number of fused-ring (bicyclic) bond motifs is 1. The van der Waals surface area contributed by atoms with E-state index in [0.29, 0.717) is 24.4 Å². The second-order valence-corrected chi connectivity index (χ2v) is 8.80. The molecule has 0 bridgehead atoms. The number of rotatable bonds is 6. The van der Waals surface area contributed by atoms with Gasteiger partial charge in [0.2, 0.25) is 0 Å². The summed E-state index contributed by atoms with van der Waals surface area (Å²) in [6, 6.07) is 18.0. The number of hydrogen-bond acceptors (Lipinski definition) is 4. The van der Waals surface area contributed by atoms with Crippen molar-refractivity contribution in [2.24, 2.45) is 0 Å². The summed E-state index contributed by atoms with van der Waals surface area (Å²) >= 11 is 0. The van der Waals surface area contributed by atoms with Crippen molar-refractivity contribution >= 4 is 22.5 Å². The molecule has 0 unspecified atom stereocenters. The van der Waals surface area contributed by atoms with Crippen molar-refractivity contribution in [3.05, 3.63) is 77.6 Å². The zero-order valence-electron chi connectivity index (χ0n) is 19.3. The largest absolute Gasteiger partial charge is 0.483 e. The number of hydrogen-bond donors (Lipinski definition) is 0. The van der Waals surface area contributed by atoms with Gasteiger partial charge < -0.3 is 9.64 Å². The summed E-state index contributed by atoms with van der Waals surface area (Å²) < 4.78 is 19.1. The summed E-state index contributed by atoms with van der Waals surface area (Å²) in [5, 5.41) is 1.78. The van der Waals surface area contributed by atoms with Crippen LogP contribution < -0.4 is 4.74 Å². The fourth-order valence-corrected chi connectivity index (χ4v) is 4.55. The van der Waals surface area contributed by atoms with Gasteiger partial charge in [0.1, 0.15) is 11.6 Å². The topological polar surface area (TPSA) is 49.9 Å². The van der Waals surface area contributed by atoms with Gasteiger partial charge in [-0.05, 0) is 55.3 Å². The Morgan fingerprint density at radius 1 is 0.970 bits per heavy atom. The molecule has 3 aromatic rings. The number of ether oxygens (including phenoxy) is 1. The highest BCUT2D eigenvalue weighted by atomic mass is 19.1. The number of ketones is 1. The van der Waals surface area contributed by atoms with Crippen LogP contribution in [0, 0.1) is 5.82 Å². The Hall–Kier alpha value is -3.25. The van der Waals surface area contributed by atoms with E-state index in [9.17, 15) is 14.0 Å². The van der Waals surface area contributed by atoms with Crippen molar-refractivity contribution in [1.82, 2.24) is 9.80 Å². The van der Waals surface area contributed by atoms with Crippen LogP contribution in [0.15, 0.2) is 60.7 Å². The molecule has 6 heteroatoms. The number of carbonyl (C=O) groups is 2. The molecule has 4 rings (SSSR count). The first kappa shape index (κ1) is 22.9. The number of benzene rings is 3. The zero-order chi connectivity index (χ0) is 23.5. The maximum absolute atomic E-state index is 13.2. The molecule has 1 saturated heterocycles. The lowest BCUT2D eigenvalue weighted by molar-refractivity contribution is -0.139. The Balaban J connectivity index is 1.42. The molecule has 5 nitrogen and oxygen atoms in total. The summed E-state index contributed by atoms with van der Waals surface area (Å²) in [4.78, 5) is 29.5. The van der Waals surface area contributed by atoms with E-state index in [0.717, 1.165) is 22.9 Å². The SMILES string of the molecule is CC(=O)c1c(OCC(=O)N2C[C@@H](C)N(Cc3ccc(F)cc3)C[C@@H]2C)ccc2ccccc12. The summed E-state index contributed by atoms with van der Waals surface area (Å²) in [5.74, 6) is 0.00390. The molecule has 0 N–H and O–H groups in total. The van der Waals surface area contributed by atoms with Crippen molar-refractivity contribution < 1.29 is 18.7 Å². The smallest absolute Gasteiger partial charge is 0.260 e. The quantitative estimate of drug-likeness (QED) is 0.514. The lowest BCUT2D eigenvalue weighted by Crippen LogP contribution is -2.58. The van der Waals surface area contributed by atoms with E-state index < -0.39 is 0 Å². The molecule has 0 radical (unpaired) electrons. The summed E-state index contributed by atoms with van der Waals surface area (Å²) in [6.45, 7) is 7.53. The Labute approximate surface area is 193 Å². The first-order valence-corrected chi connectivity index (χ1v) is 11.3. The molecule has 1 fully saturated rings. The van der Waals surface area contributed by atoms with Gasteiger partial charge in [-0.1, -0.05) is 42.5 Å². The molecule has 1 amide bonds. The van der Waals surface area contributed by atoms with Crippen molar-refractivity contribution in [3.63, 3.8) is 0 Å². The standard InChI is InChI=1S/C27H29FN2O3/c1-18-15-30(19(2)14-29(18)16-21-8-11-23(28)12-9-21)26(32)17-33-25-13-10-22-6-4-5-7-24(22)27(25)20(3)31/h4-13,18-19H,14-17H2,1-3H3/t18-,19+/m1/s1. The number of amides is 1. The predicted octanol–water partition coefficient (Wildman–Crippen LogP) is 4.68. The van der Waals surface area contributed by atoms with Gasteiger partial charge in [-0.15, -0.1) is 0 Å². The number of piperazine rings is 1. The summed E-state index contributed by atoms with van der Waals surface area (Å²) in [5.41, 5.74) is 1.55. The van der Waals surface area contributed by atoms with E-state index >= 15 is 0 Å². The van der Waals surface area contributed by atoms with Gasteiger partial charge in [-0.2, -0.15) is 0 Å². The third-order valence-corrected chi connectivity index (χ3v) is 6.33. The minimum Gasteiger partial charge on any atom is -0.483 e. The monoisotopic (exact) mass is 448 g/mol. The Morgan fingerprint density at radius 2 is 1.70 bits per heavy atom. The van der Waals surface area contributed by atoms with Crippen LogP contribution in [-0.4, -0.2) is 53.3 Å². The van der Waals surface area contributed by atoms with Gasteiger partial charge in [-0.3, -0.25) is 14.5 Å². The molecule has 1 aliphatic rings. The molecule has 33 heavy (non-hydrogen) atoms. The first-order valence-electron chi connectivity index (χ1n) is 11.3. The lowest BCUT2D eigenvalue weighted by atomic mass is 10.0. The van der Waals surface area contributed by atoms with Gasteiger partial charge in [0.25, 0.3) is 5.91 Å². The van der Waals surface area contributed by atoms with Crippen molar-refractivity contribution in [3.8, 4) is 5.75 Å². The van der Waals surface area contributed by atoms with E-state index in [2.05, 4.69) is 11.8 Å². The molecule has 3 aromatic carbocycles. The molecule has 172 valence electrons. The molecular weight excluding hydrogens is 419 g/mol. The zero-order valence-corrected chi connectivity index (χ0v) is 19.3. The lowest BCUT2D eigenvalue weighted by Gasteiger charge is -2.44. The highest BCUT2D eigenvalue weighted by Crippen LogP contribution is 2.29. The average molecular weight is 449 g/mol. The Morgan fingerprint density at radius 3 is 2.42 bits per heavy atom. The van der Waals surface area contributed by atoms with Crippen LogP contribution in [0.4, 0.5) is 4.39 Å². The number of nitrogens with zero attached hydrogens (tertiary/aromatic N) is 2. The van der Waals surface area contributed by atoms with E-state index in [1.54, 1.807) is 18.2 Å². The van der Waals surface area contributed by atoms with Crippen LogP contribution >= 0.6 is 0 Å². The molecule has 0 aliphatic carbocycles. The second-order valence-electron chi connectivity index (χ2n) is 8.80. The molecule has 2 atom stereocenters. The van der Waals surface area contributed by atoms with Crippen LogP contribution in [0.5, 0.6) is 5.75 Å². The maximum Gasteiger partial charge on any atom is 0.260 e. The van der Waals surface area contributed by atoms with E-state index in [-0.39, 0.29) is 36.2 Å². The minimum atomic E-state index is -0.241. The maximum atomic E-state index is 13.2. The second kappa shape index (κ2) is 9.71. The van der Waals surface area contributed by atoms with Gasteiger partial charge in [0.05, 0.1) is 5.56 Å². The normalized spacial score (nSPS) is 19.0. The molecule has 1 aliphatic heterocycles. The van der Waals surface area contributed by atoms with Crippen LogP contribution in [-0.2, 0) is 11.3 Å². The van der Waals surface area contributed by atoms with Gasteiger partial charge in [0, 0.05) is 31.7 Å². The predicted molar refractivity (Wildman–Crippen MR) is 127 cm³/mol. The fraction of sp³-hybridized carbons (Fsp3) is 0.333. The van der Waals surface area contributed by atoms with Crippen LogP contribution in [0.1, 0.15) is 36.7 Å². The number of halogens is 1. The summed E-state index contributed by atoms with van der Waals surface area (Å²) in [6.07, 6.45) is 0. The minimum absolute atomic E-state index is 0.0154. The van der Waals surface area contributed by atoms with Crippen molar-refractivity contribution in [2.75, 3.05) is 19.7 Å². The molecular formula is C27H29FN2O3. The van der Waals surface area contributed by atoms with E-state index in [4.69, 9.17) is 4.74 Å². The number of carbonyl (C=O) groups excluding carboxylic acids is 2.